The molecule has 2 N–H and O–H groups in total. The Labute approximate surface area is 111 Å². The van der Waals surface area contributed by atoms with Gasteiger partial charge in [-0.15, -0.1) is 0 Å². The Bertz CT molecular complexity index is 256. The van der Waals surface area contributed by atoms with Gasteiger partial charge in [0.15, 0.2) is 0 Å². The van der Waals surface area contributed by atoms with Gasteiger partial charge in [-0.1, -0.05) is 6.92 Å². The molecule has 0 radical (unpaired) electrons. The molecule has 0 aromatic carbocycles. The van der Waals surface area contributed by atoms with E-state index in [-0.39, 0.29) is 0 Å². The molecule has 2 heterocycles. The highest BCUT2D eigenvalue weighted by atomic mass is 16.5. The minimum Gasteiger partial charge on any atom is -0.389 e. The maximum Gasteiger partial charge on any atom is 0.0746 e. The highest BCUT2D eigenvalue weighted by molar-refractivity contribution is 4.87. The first-order valence-corrected chi connectivity index (χ1v) is 7.36. The van der Waals surface area contributed by atoms with Gasteiger partial charge < -0.3 is 20.1 Å². The lowest BCUT2D eigenvalue weighted by molar-refractivity contribution is -0.0371. The van der Waals surface area contributed by atoms with Gasteiger partial charge in [-0.2, -0.15) is 0 Å². The third-order valence-corrected chi connectivity index (χ3v) is 4.19. The van der Waals surface area contributed by atoms with E-state index in [1.807, 2.05) is 6.92 Å². The lowest BCUT2D eigenvalue weighted by Crippen LogP contribution is -2.52. The molecule has 0 spiro atoms. The van der Waals surface area contributed by atoms with Gasteiger partial charge in [-0.3, -0.25) is 0 Å². The van der Waals surface area contributed by atoms with Crippen LogP contribution in [0.3, 0.4) is 0 Å². The van der Waals surface area contributed by atoms with Crippen LogP contribution in [0.1, 0.15) is 33.1 Å². The molecule has 2 saturated heterocycles. The van der Waals surface area contributed by atoms with Gasteiger partial charge in [-0.25, -0.2) is 0 Å². The fourth-order valence-corrected chi connectivity index (χ4v) is 3.32. The summed E-state index contributed by atoms with van der Waals surface area (Å²) in [7, 11) is 0. The molecule has 0 aromatic heterocycles. The zero-order valence-electron chi connectivity index (χ0n) is 11.8. The average Bonchev–Trinajstić information content (AvgIpc) is 2.31. The molecule has 3 atom stereocenters. The number of hydrogen-bond donors (Lipinski definition) is 2. The number of rotatable bonds is 4. The van der Waals surface area contributed by atoms with Crippen molar-refractivity contribution in [1.82, 2.24) is 10.2 Å². The van der Waals surface area contributed by atoms with Gasteiger partial charge in [0, 0.05) is 31.7 Å². The molecule has 18 heavy (non-hydrogen) atoms. The molecule has 4 heteroatoms. The lowest BCUT2D eigenvalue weighted by Gasteiger charge is -2.41. The van der Waals surface area contributed by atoms with Gasteiger partial charge in [0.25, 0.3) is 0 Å². The molecular weight excluding hydrogens is 228 g/mol. The molecule has 2 aliphatic heterocycles. The summed E-state index contributed by atoms with van der Waals surface area (Å²) in [5.41, 5.74) is -0.499. The van der Waals surface area contributed by atoms with Crippen molar-refractivity contribution < 1.29 is 9.84 Å². The van der Waals surface area contributed by atoms with Crippen molar-refractivity contribution in [3.8, 4) is 0 Å². The van der Waals surface area contributed by atoms with Crippen molar-refractivity contribution >= 4 is 0 Å². The van der Waals surface area contributed by atoms with Gasteiger partial charge in [0.1, 0.15) is 0 Å². The van der Waals surface area contributed by atoms with Crippen LogP contribution in [0.4, 0.5) is 0 Å². The van der Waals surface area contributed by atoms with Crippen LogP contribution < -0.4 is 5.32 Å². The molecule has 3 unspecified atom stereocenters. The second kappa shape index (κ2) is 6.33. The van der Waals surface area contributed by atoms with E-state index >= 15 is 0 Å². The number of likely N-dealkylation sites (tertiary alicyclic amines) is 1. The monoisotopic (exact) mass is 256 g/mol. The van der Waals surface area contributed by atoms with Crippen molar-refractivity contribution in [1.29, 1.82) is 0 Å². The normalized spacial score (nSPS) is 38.8. The van der Waals surface area contributed by atoms with E-state index in [2.05, 4.69) is 17.1 Å². The summed E-state index contributed by atoms with van der Waals surface area (Å²) in [5, 5.41) is 13.7. The molecule has 0 aromatic rings. The van der Waals surface area contributed by atoms with E-state index in [1.165, 1.54) is 0 Å². The summed E-state index contributed by atoms with van der Waals surface area (Å²) in [5.74, 6) is 0.563. The Morgan fingerprint density at radius 2 is 2.33 bits per heavy atom. The number of hydrogen-bond acceptors (Lipinski definition) is 4. The van der Waals surface area contributed by atoms with E-state index in [9.17, 15) is 5.11 Å². The van der Waals surface area contributed by atoms with Crippen molar-refractivity contribution in [3.05, 3.63) is 0 Å². The van der Waals surface area contributed by atoms with Gasteiger partial charge in [-0.05, 0) is 39.3 Å². The minimum absolute atomic E-state index is 0.499. The summed E-state index contributed by atoms with van der Waals surface area (Å²) in [6.07, 6.45) is 3.15. The SMILES string of the molecule is CCNC1CCOCC1CN1CCCC(C)(O)C1. The highest BCUT2D eigenvalue weighted by Gasteiger charge is 2.32. The predicted octanol–water partition coefficient (Wildman–Crippen LogP) is 0.848. The summed E-state index contributed by atoms with van der Waals surface area (Å²) in [6.45, 7) is 9.86. The number of nitrogens with zero attached hydrogens (tertiary/aromatic N) is 1. The molecule has 0 amide bonds. The first kappa shape index (κ1) is 14.3. The second-order valence-corrected chi connectivity index (χ2v) is 6.12. The van der Waals surface area contributed by atoms with Crippen LogP contribution in [-0.2, 0) is 4.74 Å². The third kappa shape index (κ3) is 3.92. The van der Waals surface area contributed by atoms with Crippen LogP contribution in [0.15, 0.2) is 0 Å². The molecular formula is C14H28N2O2. The smallest absolute Gasteiger partial charge is 0.0746 e. The molecule has 106 valence electrons. The Morgan fingerprint density at radius 3 is 3.06 bits per heavy atom. The maximum absolute atomic E-state index is 10.2. The zero-order chi connectivity index (χ0) is 13.0. The first-order chi connectivity index (χ1) is 8.61. The fourth-order valence-electron chi connectivity index (χ4n) is 3.32. The van der Waals surface area contributed by atoms with Crippen molar-refractivity contribution in [2.24, 2.45) is 5.92 Å². The Balaban J connectivity index is 1.86. The van der Waals surface area contributed by atoms with Crippen LogP contribution in [0.5, 0.6) is 0 Å². The quantitative estimate of drug-likeness (QED) is 0.783. The van der Waals surface area contributed by atoms with Crippen molar-refractivity contribution in [3.63, 3.8) is 0 Å². The standard InChI is InChI=1S/C14H28N2O2/c1-3-15-13-5-8-18-10-12(13)9-16-7-4-6-14(2,17)11-16/h12-13,15,17H,3-11H2,1-2H3. The molecule has 0 saturated carbocycles. The second-order valence-electron chi connectivity index (χ2n) is 6.12. The summed E-state index contributed by atoms with van der Waals surface area (Å²) < 4.78 is 5.62. The largest absolute Gasteiger partial charge is 0.389 e. The van der Waals surface area contributed by atoms with Crippen LogP contribution in [0.2, 0.25) is 0 Å². The van der Waals surface area contributed by atoms with E-state index in [0.717, 1.165) is 58.7 Å². The maximum atomic E-state index is 10.2. The van der Waals surface area contributed by atoms with Gasteiger partial charge >= 0.3 is 0 Å². The van der Waals surface area contributed by atoms with Crippen molar-refractivity contribution in [2.45, 2.75) is 44.8 Å². The number of β-amino-alcohol motifs (C(OH)–C–C–N with tert-alkyl or cyclic N) is 1. The number of nitrogens with one attached hydrogen (secondary N) is 1. The van der Waals surface area contributed by atoms with E-state index in [0.29, 0.717) is 12.0 Å². The molecule has 0 aliphatic carbocycles. The Hall–Kier alpha value is -0.160. The van der Waals surface area contributed by atoms with Crippen LogP contribution >= 0.6 is 0 Å². The first-order valence-electron chi connectivity index (χ1n) is 7.36. The molecule has 4 nitrogen and oxygen atoms in total. The van der Waals surface area contributed by atoms with Crippen LogP contribution in [-0.4, -0.2) is 61.0 Å². The Morgan fingerprint density at radius 1 is 1.50 bits per heavy atom. The zero-order valence-corrected chi connectivity index (χ0v) is 11.8. The summed E-state index contributed by atoms with van der Waals surface area (Å²) in [6, 6.07) is 0.579. The molecule has 2 rings (SSSR count). The van der Waals surface area contributed by atoms with E-state index in [4.69, 9.17) is 4.74 Å². The van der Waals surface area contributed by atoms with Gasteiger partial charge in [0.05, 0.1) is 12.2 Å². The molecule has 0 bridgehead atoms. The van der Waals surface area contributed by atoms with Crippen LogP contribution in [0.25, 0.3) is 0 Å². The lowest BCUT2D eigenvalue weighted by atomic mass is 9.91. The van der Waals surface area contributed by atoms with Crippen LogP contribution in [0, 0.1) is 5.92 Å². The highest BCUT2D eigenvalue weighted by Crippen LogP contribution is 2.23. The van der Waals surface area contributed by atoms with Gasteiger partial charge in [0.2, 0.25) is 0 Å². The van der Waals surface area contributed by atoms with Crippen molar-refractivity contribution in [2.75, 3.05) is 39.4 Å². The molecule has 2 fully saturated rings. The van der Waals surface area contributed by atoms with E-state index < -0.39 is 5.60 Å². The number of piperidine rings is 1. The predicted molar refractivity (Wildman–Crippen MR) is 72.7 cm³/mol. The fraction of sp³-hybridized carbons (Fsp3) is 1.00. The average molecular weight is 256 g/mol. The number of aliphatic hydroxyl groups is 1. The summed E-state index contributed by atoms with van der Waals surface area (Å²) in [4.78, 5) is 2.41. The third-order valence-electron chi connectivity index (χ3n) is 4.19. The number of ether oxygens (including phenoxy) is 1. The topological polar surface area (TPSA) is 44.7 Å². The minimum atomic E-state index is -0.499. The summed E-state index contributed by atoms with van der Waals surface area (Å²) >= 11 is 0. The van der Waals surface area contributed by atoms with E-state index in [1.54, 1.807) is 0 Å². The Kier molecular flexibility index (Phi) is 5.01. The molecule has 2 aliphatic rings.